The molecule has 0 bridgehead atoms. The Morgan fingerprint density at radius 3 is 3.04 bits per heavy atom. The van der Waals surface area contributed by atoms with Crippen LogP contribution in [0.4, 0.5) is 10.6 Å². The minimum absolute atomic E-state index is 0.00370. The minimum Gasteiger partial charge on any atom is -0.467 e. The summed E-state index contributed by atoms with van der Waals surface area (Å²) in [5.74, 6) is 1.10. The first-order valence-corrected chi connectivity index (χ1v) is 8.27. The van der Waals surface area contributed by atoms with Crippen molar-refractivity contribution in [2.24, 2.45) is 0 Å². The molecule has 2 aromatic rings. The Bertz CT molecular complexity index is 679. The van der Waals surface area contributed by atoms with Gasteiger partial charge in [0.25, 0.3) is 0 Å². The lowest BCUT2D eigenvalue weighted by Crippen LogP contribution is -2.39. The van der Waals surface area contributed by atoms with Crippen molar-refractivity contribution in [1.82, 2.24) is 9.88 Å². The van der Waals surface area contributed by atoms with Crippen LogP contribution in [-0.4, -0.2) is 33.6 Å². The number of pyridine rings is 1. The van der Waals surface area contributed by atoms with E-state index in [0.717, 1.165) is 24.1 Å². The summed E-state index contributed by atoms with van der Waals surface area (Å²) in [6.07, 6.45) is 3.14. The lowest BCUT2D eigenvalue weighted by atomic mass is 10.1. The number of rotatable bonds is 4. The number of aliphatic hydroxyl groups excluding tert-OH is 1. The van der Waals surface area contributed by atoms with E-state index in [0.29, 0.717) is 24.5 Å². The largest absolute Gasteiger partial charge is 0.467 e. The fraction of sp³-hybridized carbons (Fsp3) is 0.444. The number of aromatic nitrogens is 1. The van der Waals surface area contributed by atoms with Crippen LogP contribution in [0.25, 0.3) is 0 Å². The van der Waals surface area contributed by atoms with Gasteiger partial charge in [0.1, 0.15) is 17.7 Å². The van der Waals surface area contributed by atoms with Crippen LogP contribution in [0.3, 0.4) is 0 Å². The maximum absolute atomic E-state index is 12.6. The molecular weight excluding hydrogens is 306 g/mol. The SMILES string of the molecule is Cc1cc(C)nc(NC(=O)N2CCCC2CC(O)c2ccco2)c1. The Kier molecular flexibility index (Phi) is 4.85. The molecule has 1 aliphatic rings. The number of nitrogens with zero attached hydrogens (tertiary/aromatic N) is 2. The average molecular weight is 329 g/mol. The minimum atomic E-state index is -0.697. The number of furan rings is 1. The van der Waals surface area contributed by atoms with Gasteiger partial charge in [0, 0.05) is 24.7 Å². The summed E-state index contributed by atoms with van der Waals surface area (Å²) in [5, 5.41) is 13.1. The monoisotopic (exact) mass is 329 g/mol. The first kappa shape index (κ1) is 16.5. The number of anilines is 1. The van der Waals surface area contributed by atoms with Crippen molar-refractivity contribution in [3.05, 3.63) is 47.5 Å². The number of aliphatic hydroxyl groups is 1. The second-order valence-electron chi connectivity index (χ2n) is 6.36. The van der Waals surface area contributed by atoms with Crippen molar-refractivity contribution in [2.45, 2.75) is 45.3 Å². The molecular formula is C18H23N3O3. The van der Waals surface area contributed by atoms with Crippen LogP contribution in [0, 0.1) is 13.8 Å². The number of amides is 2. The molecule has 6 nitrogen and oxygen atoms in total. The lowest BCUT2D eigenvalue weighted by molar-refractivity contribution is 0.110. The highest BCUT2D eigenvalue weighted by molar-refractivity contribution is 5.88. The predicted octanol–water partition coefficient (Wildman–Crippen LogP) is 3.41. The van der Waals surface area contributed by atoms with Gasteiger partial charge in [-0.15, -0.1) is 0 Å². The summed E-state index contributed by atoms with van der Waals surface area (Å²) in [6, 6.07) is 7.16. The van der Waals surface area contributed by atoms with Gasteiger partial charge in [0.15, 0.2) is 0 Å². The van der Waals surface area contributed by atoms with Crippen molar-refractivity contribution in [1.29, 1.82) is 0 Å². The van der Waals surface area contributed by atoms with E-state index >= 15 is 0 Å². The zero-order valence-corrected chi connectivity index (χ0v) is 14.0. The molecule has 2 N–H and O–H groups in total. The Morgan fingerprint density at radius 1 is 1.50 bits per heavy atom. The first-order valence-electron chi connectivity index (χ1n) is 8.27. The van der Waals surface area contributed by atoms with Crippen molar-refractivity contribution in [3.63, 3.8) is 0 Å². The van der Waals surface area contributed by atoms with Crippen LogP contribution in [0.15, 0.2) is 34.9 Å². The van der Waals surface area contributed by atoms with E-state index < -0.39 is 6.10 Å². The molecule has 6 heteroatoms. The van der Waals surface area contributed by atoms with E-state index in [1.54, 1.807) is 23.3 Å². The molecule has 2 unspecified atom stereocenters. The topological polar surface area (TPSA) is 78.6 Å². The third-order valence-corrected chi connectivity index (χ3v) is 4.34. The predicted molar refractivity (Wildman–Crippen MR) is 90.7 cm³/mol. The molecule has 0 saturated carbocycles. The Morgan fingerprint density at radius 2 is 2.33 bits per heavy atom. The van der Waals surface area contributed by atoms with Crippen molar-refractivity contribution in [2.75, 3.05) is 11.9 Å². The maximum atomic E-state index is 12.6. The molecule has 2 aromatic heterocycles. The summed E-state index contributed by atoms with van der Waals surface area (Å²) in [6.45, 7) is 4.57. The Labute approximate surface area is 141 Å². The fourth-order valence-corrected chi connectivity index (χ4v) is 3.29. The molecule has 1 fully saturated rings. The van der Waals surface area contributed by atoms with Gasteiger partial charge in [-0.05, 0) is 56.5 Å². The smallest absolute Gasteiger partial charge is 0.323 e. The van der Waals surface area contributed by atoms with Crippen LogP contribution in [-0.2, 0) is 0 Å². The van der Waals surface area contributed by atoms with Crippen LogP contribution < -0.4 is 5.32 Å². The molecule has 2 atom stereocenters. The lowest BCUT2D eigenvalue weighted by Gasteiger charge is -2.26. The van der Waals surface area contributed by atoms with E-state index in [9.17, 15) is 9.90 Å². The fourth-order valence-electron chi connectivity index (χ4n) is 3.29. The quantitative estimate of drug-likeness (QED) is 0.901. The number of urea groups is 1. The molecule has 24 heavy (non-hydrogen) atoms. The summed E-state index contributed by atoms with van der Waals surface area (Å²) >= 11 is 0. The van der Waals surface area contributed by atoms with E-state index in [1.165, 1.54) is 0 Å². The van der Waals surface area contributed by atoms with Gasteiger partial charge < -0.3 is 14.4 Å². The second kappa shape index (κ2) is 7.05. The Balaban J connectivity index is 1.65. The van der Waals surface area contributed by atoms with Crippen LogP contribution in [0.1, 0.15) is 42.4 Å². The van der Waals surface area contributed by atoms with Crippen LogP contribution in [0.2, 0.25) is 0 Å². The molecule has 3 heterocycles. The zero-order chi connectivity index (χ0) is 17.1. The summed E-state index contributed by atoms with van der Waals surface area (Å²) in [4.78, 5) is 18.7. The summed E-state index contributed by atoms with van der Waals surface area (Å²) in [7, 11) is 0. The standard InChI is InChI=1S/C18H23N3O3/c1-12-9-13(2)19-17(10-12)20-18(23)21-7-3-5-14(21)11-15(22)16-6-4-8-24-16/h4,6,8-10,14-15,22H,3,5,7,11H2,1-2H3,(H,19,20,23). The van der Waals surface area contributed by atoms with Crippen molar-refractivity contribution < 1.29 is 14.3 Å². The number of hydrogen-bond donors (Lipinski definition) is 2. The van der Waals surface area contributed by atoms with Crippen molar-refractivity contribution >= 4 is 11.8 Å². The van der Waals surface area contributed by atoms with Gasteiger partial charge in [-0.25, -0.2) is 9.78 Å². The number of nitrogens with one attached hydrogen (secondary N) is 1. The van der Waals surface area contributed by atoms with Gasteiger partial charge in [0.2, 0.25) is 0 Å². The number of hydrogen-bond acceptors (Lipinski definition) is 4. The van der Waals surface area contributed by atoms with Gasteiger partial charge in [-0.2, -0.15) is 0 Å². The molecule has 0 spiro atoms. The van der Waals surface area contributed by atoms with Crippen LogP contribution in [0.5, 0.6) is 0 Å². The van der Waals surface area contributed by atoms with Gasteiger partial charge in [0.05, 0.1) is 6.26 Å². The highest BCUT2D eigenvalue weighted by Gasteiger charge is 2.31. The van der Waals surface area contributed by atoms with Gasteiger partial charge >= 0.3 is 6.03 Å². The molecule has 0 aliphatic carbocycles. The summed E-state index contributed by atoms with van der Waals surface area (Å²) < 4.78 is 5.24. The highest BCUT2D eigenvalue weighted by Crippen LogP contribution is 2.28. The van der Waals surface area contributed by atoms with E-state index in [2.05, 4.69) is 10.3 Å². The molecule has 2 amide bonds. The zero-order valence-electron chi connectivity index (χ0n) is 14.0. The normalized spacial score (nSPS) is 18.6. The average Bonchev–Trinajstić information content (AvgIpc) is 3.17. The second-order valence-corrected chi connectivity index (χ2v) is 6.36. The molecule has 1 saturated heterocycles. The number of carbonyl (C=O) groups excluding carboxylic acids is 1. The van der Waals surface area contributed by atoms with Crippen LogP contribution >= 0.6 is 0 Å². The molecule has 0 radical (unpaired) electrons. The van der Waals surface area contributed by atoms with E-state index in [1.807, 2.05) is 26.0 Å². The van der Waals surface area contributed by atoms with E-state index in [4.69, 9.17) is 4.42 Å². The van der Waals surface area contributed by atoms with Gasteiger partial charge in [-0.1, -0.05) is 0 Å². The van der Waals surface area contributed by atoms with E-state index in [-0.39, 0.29) is 12.1 Å². The maximum Gasteiger partial charge on any atom is 0.323 e. The Hall–Kier alpha value is -2.34. The third kappa shape index (κ3) is 3.76. The molecule has 0 aromatic carbocycles. The molecule has 1 aliphatic heterocycles. The number of aryl methyl sites for hydroxylation is 2. The molecule has 3 rings (SSSR count). The highest BCUT2D eigenvalue weighted by atomic mass is 16.4. The number of carbonyl (C=O) groups is 1. The first-order chi connectivity index (χ1) is 11.5. The van der Waals surface area contributed by atoms with Gasteiger partial charge in [-0.3, -0.25) is 5.32 Å². The van der Waals surface area contributed by atoms with Crippen molar-refractivity contribution in [3.8, 4) is 0 Å². The third-order valence-electron chi connectivity index (χ3n) is 4.34. The molecule has 128 valence electrons. The summed E-state index contributed by atoms with van der Waals surface area (Å²) in [5.41, 5.74) is 1.93. The number of likely N-dealkylation sites (tertiary alicyclic amines) is 1.